The van der Waals surface area contributed by atoms with Gasteiger partial charge in [-0.05, 0) is 26.0 Å². The molecule has 8 nitrogen and oxygen atoms in total. The Morgan fingerprint density at radius 2 is 1.78 bits per heavy atom. The predicted octanol–water partition coefficient (Wildman–Crippen LogP) is 2.73. The lowest BCUT2D eigenvalue weighted by Crippen LogP contribution is -2.48. The predicted molar refractivity (Wildman–Crippen MR) is 115 cm³/mol. The van der Waals surface area contributed by atoms with Crippen molar-refractivity contribution >= 4 is 17.5 Å². The van der Waals surface area contributed by atoms with E-state index in [0.717, 1.165) is 11.4 Å². The molecule has 1 aliphatic heterocycles. The maximum absolute atomic E-state index is 13.8. The molecule has 2 aromatic heterocycles. The van der Waals surface area contributed by atoms with Gasteiger partial charge in [0.2, 0.25) is 5.91 Å². The number of hydrogen-bond acceptors (Lipinski definition) is 6. The van der Waals surface area contributed by atoms with E-state index in [1.807, 2.05) is 26.0 Å². The van der Waals surface area contributed by atoms with Crippen LogP contribution in [0.1, 0.15) is 22.8 Å². The number of rotatable bonds is 6. The standard InChI is InChI=1S/C22H25F2N7O/c1-14-10-21(29-28-14)27-20-11-16(25-15(2)26-20)13-30-6-8-31(9-7-30)22(32)12-17-18(23)4-3-5-19(17)24/h3-5,10-11H,6-9,12-13H2,1-2H3,(H2,25,26,27,28,29). The Bertz CT molecular complexity index is 1090. The molecule has 1 aliphatic rings. The van der Waals surface area contributed by atoms with Crippen LogP contribution in [0, 0.1) is 25.5 Å². The van der Waals surface area contributed by atoms with Crippen LogP contribution in [0.15, 0.2) is 30.3 Å². The number of carbonyl (C=O) groups is 1. The van der Waals surface area contributed by atoms with E-state index in [2.05, 4.69) is 30.4 Å². The van der Waals surface area contributed by atoms with Crippen molar-refractivity contribution in [3.8, 4) is 0 Å². The van der Waals surface area contributed by atoms with Crippen molar-refractivity contribution in [1.29, 1.82) is 0 Å². The van der Waals surface area contributed by atoms with E-state index in [9.17, 15) is 13.6 Å². The number of H-pyrrole nitrogens is 1. The smallest absolute Gasteiger partial charge is 0.227 e. The number of piperazine rings is 1. The second-order valence-electron chi connectivity index (χ2n) is 7.89. The summed E-state index contributed by atoms with van der Waals surface area (Å²) in [5, 5.41) is 10.2. The lowest BCUT2D eigenvalue weighted by Gasteiger charge is -2.34. The third-order valence-corrected chi connectivity index (χ3v) is 5.35. The fourth-order valence-corrected chi connectivity index (χ4v) is 3.74. The van der Waals surface area contributed by atoms with Crippen molar-refractivity contribution in [3.05, 3.63) is 64.7 Å². The highest BCUT2D eigenvalue weighted by molar-refractivity contribution is 5.79. The molecule has 0 aliphatic carbocycles. The van der Waals surface area contributed by atoms with Crippen molar-refractivity contribution in [2.24, 2.45) is 0 Å². The summed E-state index contributed by atoms with van der Waals surface area (Å²) in [6.07, 6.45) is -0.273. The van der Waals surface area contributed by atoms with Crippen LogP contribution in [0.2, 0.25) is 0 Å². The second-order valence-corrected chi connectivity index (χ2v) is 7.89. The number of amides is 1. The number of nitrogens with zero attached hydrogens (tertiary/aromatic N) is 5. The molecule has 0 bridgehead atoms. The number of nitrogens with one attached hydrogen (secondary N) is 2. The van der Waals surface area contributed by atoms with Crippen LogP contribution in [0.4, 0.5) is 20.4 Å². The van der Waals surface area contributed by atoms with E-state index in [-0.39, 0.29) is 17.9 Å². The Balaban J connectivity index is 1.33. The van der Waals surface area contributed by atoms with E-state index in [1.165, 1.54) is 18.2 Å². The molecule has 1 fully saturated rings. The third kappa shape index (κ3) is 5.25. The van der Waals surface area contributed by atoms with E-state index in [4.69, 9.17) is 0 Å². The van der Waals surface area contributed by atoms with Crippen molar-refractivity contribution in [1.82, 2.24) is 30.0 Å². The third-order valence-electron chi connectivity index (χ3n) is 5.35. The number of aromatic amines is 1. The van der Waals surface area contributed by atoms with Gasteiger partial charge in [0.15, 0.2) is 5.82 Å². The molecular formula is C22H25F2N7O. The van der Waals surface area contributed by atoms with Gasteiger partial charge in [-0.15, -0.1) is 0 Å². The van der Waals surface area contributed by atoms with E-state index in [1.54, 1.807) is 4.90 Å². The average Bonchev–Trinajstić information content (AvgIpc) is 3.15. The molecule has 168 valence electrons. The van der Waals surface area contributed by atoms with Gasteiger partial charge in [0, 0.05) is 56.1 Å². The Labute approximate surface area is 184 Å². The zero-order chi connectivity index (χ0) is 22.7. The van der Waals surface area contributed by atoms with Gasteiger partial charge >= 0.3 is 0 Å². The van der Waals surface area contributed by atoms with Crippen LogP contribution in [0.3, 0.4) is 0 Å². The maximum Gasteiger partial charge on any atom is 0.227 e. The molecule has 0 radical (unpaired) electrons. The minimum absolute atomic E-state index is 0.177. The van der Waals surface area contributed by atoms with Crippen molar-refractivity contribution in [3.63, 3.8) is 0 Å². The number of aromatic nitrogens is 4. The molecule has 0 unspecified atom stereocenters. The van der Waals surface area contributed by atoms with E-state index >= 15 is 0 Å². The Hall–Kier alpha value is -3.40. The second kappa shape index (κ2) is 9.39. The highest BCUT2D eigenvalue weighted by Gasteiger charge is 2.23. The number of halogens is 2. The fraction of sp³-hybridized carbons (Fsp3) is 0.364. The number of anilines is 2. The van der Waals surface area contributed by atoms with Gasteiger partial charge in [-0.3, -0.25) is 14.8 Å². The van der Waals surface area contributed by atoms with Gasteiger partial charge < -0.3 is 10.2 Å². The summed E-state index contributed by atoms with van der Waals surface area (Å²) in [6, 6.07) is 7.41. The summed E-state index contributed by atoms with van der Waals surface area (Å²) in [5.74, 6) is 0.353. The highest BCUT2D eigenvalue weighted by atomic mass is 19.1. The van der Waals surface area contributed by atoms with Crippen molar-refractivity contribution < 1.29 is 13.6 Å². The number of aryl methyl sites for hydroxylation is 2. The largest absolute Gasteiger partial charge is 0.340 e. The van der Waals surface area contributed by atoms with Gasteiger partial charge in [0.05, 0.1) is 12.1 Å². The first-order chi connectivity index (χ1) is 15.4. The van der Waals surface area contributed by atoms with Crippen molar-refractivity contribution in [2.75, 3.05) is 31.5 Å². The molecule has 10 heteroatoms. The fourth-order valence-electron chi connectivity index (χ4n) is 3.74. The van der Waals surface area contributed by atoms with Gasteiger partial charge in [0.1, 0.15) is 23.3 Å². The average molecular weight is 441 g/mol. The Kier molecular flexibility index (Phi) is 6.40. The van der Waals surface area contributed by atoms with Gasteiger partial charge in [-0.2, -0.15) is 5.10 Å². The van der Waals surface area contributed by atoms with Crippen LogP contribution in [-0.2, 0) is 17.8 Å². The molecule has 1 saturated heterocycles. The molecule has 1 aromatic carbocycles. The Morgan fingerprint density at radius 1 is 1.06 bits per heavy atom. The van der Waals surface area contributed by atoms with Gasteiger partial charge in [-0.25, -0.2) is 18.7 Å². The monoisotopic (exact) mass is 441 g/mol. The van der Waals surface area contributed by atoms with Crippen LogP contribution in [-0.4, -0.2) is 62.1 Å². The zero-order valence-electron chi connectivity index (χ0n) is 18.0. The molecule has 4 rings (SSSR count). The molecule has 32 heavy (non-hydrogen) atoms. The summed E-state index contributed by atoms with van der Waals surface area (Å²) in [5.41, 5.74) is 1.63. The lowest BCUT2D eigenvalue weighted by atomic mass is 10.1. The summed E-state index contributed by atoms with van der Waals surface area (Å²) < 4.78 is 27.7. The highest BCUT2D eigenvalue weighted by Crippen LogP contribution is 2.17. The molecule has 3 heterocycles. The summed E-state index contributed by atoms with van der Waals surface area (Å²) >= 11 is 0. The maximum atomic E-state index is 13.8. The molecule has 1 amide bonds. The zero-order valence-corrected chi connectivity index (χ0v) is 18.0. The number of hydrogen-bond donors (Lipinski definition) is 2. The van der Waals surface area contributed by atoms with Crippen LogP contribution in [0.5, 0.6) is 0 Å². The van der Waals surface area contributed by atoms with E-state index < -0.39 is 11.6 Å². The topological polar surface area (TPSA) is 90.0 Å². The van der Waals surface area contributed by atoms with Crippen LogP contribution >= 0.6 is 0 Å². The molecule has 2 N–H and O–H groups in total. The minimum atomic E-state index is -0.689. The first kappa shape index (κ1) is 21.8. The summed E-state index contributed by atoms with van der Waals surface area (Å²) in [4.78, 5) is 25.3. The van der Waals surface area contributed by atoms with Crippen molar-refractivity contribution in [2.45, 2.75) is 26.8 Å². The quantitative estimate of drug-likeness (QED) is 0.612. The normalized spacial score (nSPS) is 14.6. The molecule has 0 atom stereocenters. The Morgan fingerprint density at radius 3 is 2.44 bits per heavy atom. The van der Waals surface area contributed by atoms with Gasteiger partial charge in [0.25, 0.3) is 0 Å². The first-order valence-corrected chi connectivity index (χ1v) is 10.4. The lowest BCUT2D eigenvalue weighted by molar-refractivity contribution is -0.132. The van der Waals surface area contributed by atoms with Gasteiger partial charge in [-0.1, -0.05) is 6.07 Å². The van der Waals surface area contributed by atoms with Crippen LogP contribution in [0.25, 0.3) is 0 Å². The summed E-state index contributed by atoms with van der Waals surface area (Å²) in [6.45, 7) is 6.66. The minimum Gasteiger partial charge on any atom is -0.340 e. The molecular weight excluding hydrogens is 416 g/mol. The molecule has 0 spiro atoms. The molecule has 3 aromatic rings. The van der Waals surface area contributed by atoms with Crippen LogP contribution < -0.4 is 5.32 Å². The van der Waals surface area contributed by atoms with E-state index in [0.29, 0.717) is 50.2 Å². The molecule has 0 saturated carbocycles. The number of benzene rings is 1. The number of carbonyl (C=O) groups excluding carboxylic acids is 1. The summed E-state index contributed by atoms with van der Waals surface area (Å²) in [7, 11) is 0. The first-order valence-electron chi connectivity index (χ1n) is 10.4. The SMILES string of the molecule is Cc1nc(CN2CCN(C(=O)Cc3c(F)cccc3F)CC2)cc(Nc2cc(C)[nH]n2)n1.